The van der Waals surface area contributed by atoms with E-state index in [1.54, 1.807) is 24.1 Å². The van der Waals surface area contributed by atoms with Gasteiger partial charge in [-0.05, 0) is 30.2 Å². The lowest BCUT2D eigenvalue weighted by Crippen LogP contribution is -2.44. The maximum absolute atomic E-state index is 13.2. The van der Waals surface area contributed by atoms with Crippen LogP contribution in [0.3, 0.4) is 0 Å². The van der Waals surface area contributed by atoms with Crippen LogP contribution >= 0.6 is 0 Å². The number of halogens is 1. The minimum Gasteiger partial charge on any atom is -0.375 e. The van der Waals surface area contributed by atoms with Gasteiger partial charge in [0.2, 0.25) is 0 Å². The number of fused-ring (bicyclic) bond motifs is 1. The van der Waals surface area contributed by atoms with Crippen molar-refractivity contribution < 1.29 is 13.9 Å². The molecule has 2 aliphatic rings. The van der Waals surface area contributed by atoms with E-state index in [0.717, 1.165) is 0 Å². The Morgan fingerprint density at radius 2 is 1.91 bits per heavy atom. The molecule has 0 saturated carbocycles. The highest BCUT2D eigenvalue weighted by Gasteiger charge is 2.51. The second-order valence-electron chi connectivity index (χ2n) is 6.24. The molecule has 3 rings (SSSR count). The number of hydrogen-bond acceptors (Lipinski definition) is 2. The van der Waals surface area contributed by atoms with Gasteiger partial charge in [0, 0.05) is 19.3 Å². The molecule has 22 heavy (non-hydrogen) atoms. The predicted octanol–water partition coefficient (Wildman–Crippen LogP) is 3.05. The smallest absolute Gasteiger partial charge is 0.325 e. The van der Waals surface area contributed by atoms with Crippen molar-refractivity contribution in [3.63, 3.8) is 0 Å². The van der Waals surface area contributed by atoms with Crippen molar-refractivity contribution in [1.82, 2.24) is 4.90 Å². The first-order valence-corrected chi connectivity index (χ1v) is 7.59. The molecule has 3 atom stereocenters. The first-order valence-electron chi connectivity index (χ1n) is 7.59. The largest absolute Gasteiger partial charge is 0.375 e. The maximum atomic E-state index is 13.2. The first-order chi connectivity index (χ1) is 10.5. The van der Waals surface area contributed by atoms with Crippen LogP contribution in [0.15, 0.2) is 36.4 Å². The normalized spacial score (nSPS) is 27.1. The summed E-state index contributed by atoms with van der Waals surface area (Å²) in [6, 6.07) is 5.94. The molecule has 4 nitrogen and oxygen atoms in total. The Balaban J connectivity index is 1.96. The van der Waals surface area contributed by atoms with Crippen LogP contribution < -0.4 is 4.90 Å². The van der Waals surface area contributed by atoms with E-state index in [1.165, 1.54) is 12.1 Å². The highest BCUT2D eigenvalue weighted by atomic mass is 19.1. The molecule has 1 aromatic carbocycles. The van der Waals surface area contributed by atoms with Gasteiger partial charge < -0.3 is 9.64 Å². The summed E-state index contributed by atoms with van der Waals surface area (Å²) in [5.74, 6) is 0.0681. The molecule has 0 N–H and O–H groups in total. The Hall–Kier alpha value is -1.88. The molecule has 1 heterocycles. The summed E-state index contributed by atoms with van der Waals surface area (Å²) in [7, 11) is 1.66. The van der Waals surface area contributed by atoms with Gasteiger partial charge in [0.1, 0.15) is 5.82 Å². The van der Waals surface area contributed by atoms with E-state index in [1.807, 2.05) is 17.1 Å². The summed E-state index contributed by atoms with van der Waals surface area (Å²) >= 11 is 0. The lowest BCUT2D eigenvalue weighted by molar-refractivity contribution is 0.0738. The van der Waals surface area contributed by atoms with E-state index < -0.39 is 0 Å². The molecule has 1 aliphatic carbocycles. The SMILES string of the molecule is CO[C@@H]1C=C[C@@H]2[C@H]1N(CC(C)C)C(=O)N2c1ccc(F)cc1. The average Bonchev–Trinajstić information content (AvgIpc) is 3.00. The molecule has 1 aromatic rings. The minimum absolute atomic E-state index is 0.0232. The Morgan fingerprint density at radius 1 is 1.23 bits per heavy atom. The number of carbonyl (C=O) groups is 1. The third-order valence-corrected chi connectivity index (χ3v) is 4.23. The number of ether oxygens (including phenoxy) is 1. The maximum Gasteiger partial charge on any atom is 0.325 e. The quantitative estimate of drug-likeness (QED) is 0.801. The zero-order valence-corrected chi connectivity index (χ0v) is 13.1. The van der Waals surface area contributed by atoms with Crippen LogP contribution in [0.2, 0.25) is 0 Å². The Kier molecular flexibility index (Phi) is 3.91. The predicted molar refractivity (Wildman–Crippen MR) is 83.3 cm³/mol. The summed E-state index contributed by atoms with van der Waals surface area (Å²) < 4.78 is 18.7. The second kappa shape index (κ2) is 5.72. The molecule has 0 unspecified atom stereocenters. The lowest BCUT2D eigenvalue weighted by atomic mass is 10.1. The fourth-order valence-corrected chi connectivity index (χ4v) is 3.33. The van der Waals surface area contributed by atoms with Gasteiger partial charge in [0.15, 0.2) is 0 Å². The van der Waals surface area contributed by atoms with E-state index in [2.05, 4.69) is 13.8 Å². The van der Waals surface area contributed by atoms with Crippen molar-refractivity contribution >= 4 is 11.7 Å². The number of nitrogens with zero attached hydrogens (tertiary/aromatic N) is 2. The topological polar surface area (TPSA) is 32.8 Å². The van der Waals surface area contributed by atoms with Gasteiger partial charge in [-0.3, -0.25) is 4.90 Å². The van der Waals surface area contributed by atoms with Crippen LogP contribution in [0, 0.1) is 11.7 Å². The summed E-state index contributed by atoms with van der Waals surface area (Å²) in [6.45, 7) is 4.86. The second-order valence-corrected chi connectivity index (χ2v) is 6.24. The van der Waals surface area contributed by atoms with E-state index in [9.17, 15) is 9.18 Å². The van der Waals surface area contributed by atoms with Gasteiger partial charge in [-0.15, -0.1) is 0 Å². The minimum atomic E-state index is -0.303. The summed E-state index contributed by atoms with van der Waals surface area (Å²) in [5, 5.41) is 0. The molecule has 5 heteroatoms. The molecule has 1 saturated heterocycles. The monoisotopic (exact) mass is 304 g/mol. The van der Waals surface area contributed by atoms with Crippen molar-refractivity contribution in [3.8, 4) is 0 Å². The van der Waals surface area contributed by atoms with Gasteiger partial charge in [-0.25, -0.2) is 9.18 Å². The number of amides is 2. The third-order valence-electron chi connectivity index (χ3n) is 4.23. The summed E-state index contributed by atoms with van der Waals surface area (Å²) in [6.07, 6.45) is 3.92. The van der Waals surface area contributed by atoms with Crippen LogP contribution in [0.25, 0.3) is 0 Å². The van der Waals surface area contributed by atoms with E-state index in [4.69, 9.17) is 4.74 Å². The first kappa shape index (κ1) is 15.0. The number of methoxy groups -OCH3 is 1. The standard InChI is InChI=1S/C17H21FN2O2/c1-11(2)10-19-16-14(8-9-15(16)22-3)20(17(19)21)13-6-4-12(18)5-7-13/h4-9,11,14-16H,10H2,1-3H3/t14-,15-,16-/m1/s1. The van der Waals surface area contributed by atoms with E-state index in [0.29, 0.717) is 18.2 Å². The molecule has 0 radical (unpaired) electrons. The number of rotatable bonds is 4. The number of carbonyl (C=O) groups excluding carboxylic acids is 1. The van der Waals surface area contributed by atoms with E-state index >= 15 is 0 Å². The molecular weight excluding hydrogens is 283 g/mol. The molecule has 1 fully saturated rings. The van der Waals surface area contributed by atoms with Crippen LogP contribution in [0.4, 0.5) is 14.9 Å². The Bertz CT molecular complexity index is 585. The molecule has 0 spiro atoms. The highest BCUT2D eigenvalue weighted by Crippen LogP contribution is 2.36. The van der Waals surface area contributed by atoms with Crippen LogP contribution in [-0.2, 0) is 4.74 Å². The molecular formula is C17H21FN2O2. The van der Waals surface area contributed by atoms with Gasteiger partial charge in [-0.2, -0.15) is 0 Å². The third kappa shape index (κ3) is 2.39. The highest BCUT2D eigenvalue weighted by molar-refractivity contribution is 5.96. The van der Waals surface area contributed by atoms with Crippen molar-refractivity contribution in [1.29, 1.82) is 0 Å². The number of benzene rings is 1. The Morgan fingerprint density at radius 3 is 2.50 bits per heavy atom. The van der Waals surface area contributed by atoms with Crippen molar-refractivity contribution in [2.45, 2.75) is 32.0 Å². The lowest BCUT2D eigenvalue weighted by Gasteiger charge is -2.28. The number of anilines is 1. The fourth-order valence-electron chi connectivity index (χ4n) is 3.33. The van der Waals surface area contributed by atoms with Crippen molar-refractivity contribution in [2.75, 3.05) is 18.6 Å². The Labute approximate surface area is 130 Å². The molecule has 0 aromatic heterocycles. The van der Waals surface area contributed by atoms with Crippen molar-refractivity contribution in [3.05, 3.63) is 42.2 Å². The van der Waals surface area contributed by atoms with Crippen molar-refractivity contribution in [2.24, 2.45) is 5.92 Å². The molecule has 118 valence electrons. The van der Waals surface area contributed by atoms with Crippen LogP contribution in [-0.4, -0.2) is 42.8 Å². The molecule has 2 amide bonds. The zero-order valence-electron chi connectivity index (χ0n) is 13.1. The van der Waals surface area contributed by atoms with E-state index in [-0.39, 0.29) is 30.0 Å². The van der Waals surface area contributed by atoms with Gasteiger partial charge in [-0.1, -0.05) is 26.0 Å². The molecule has 1 aliphatic heterocycles. The number of urea groups is 1. The zero-order chi connectivity index (χ0) is 15.9. The van der Waals surface area contributed by atoms with Crippen LogP contribution in [0.5, 0.6) is 0 Å². The average molecular weight is 304 g/mol. The molecule has 0 bridgehead atoms. The van der Waals surface area contributed by atoms with Crippen LogP contribution in [0.1, 0.15) is 13.8 Å². The van der Waals surface area contributed by atoms with Gasteiger partial charge in [0.25, 0.3) is 0 Å². The van der Waals surface area contributed by atoms with Gasteiger partial charge >= 0.3 is 6.03 Å². The summed E-state index contributed by atoms with van der Waals surface area (Å²) in [5.41, 5.74) is 0.717. The van der Waals surface area contributed by atoms with Gasteiger partial charge in [0.05, 0.1) is 18.2 Å². The summed E-state index contributed by atoms with van der Waals surface area (Å²) in [4.78, 5) is 16.5. The number of hydrogen-bond donors (Lipinski definition) is 0. The fraction of sp³-hybridized carbons (Fsp3) is 0.471.